The quantitative estimate of drug-likeness (QED) is 0.770. The van der Waals surface area contributed by atoms with Gasteiger partial charge in [0, 0.05) is 19.1 Å². The van der Waals surface area contributed by atoms with Gasteiger partial charge < -0.3 is 10.4 Å². The minimum Gasteiger partial charge on any atom is -0.390 e. The van der Waals surface area contributed by atoms with Crippen molar-refractivity contribution in [3.05, 3.63) is 0 Å². The third kappa shape index (κ3) is 2.41. The molecule has 3 fully saturated rings. The Hall–Kier alpha value is -0.610. The van der Waals surface area contributed by atoms with E-state index < -0.39 is 0 Å². The summed E-state index contributed by atoms with van der Waals surface area (Å²) in [6.07, 6.45) is 5.26. The SMILES string of the molecule is CC(NC(=O)CN1CC(O)C1)C1CC2CCC1C2. The van der Waals surface area contributed by atoms with Gasteiger partial charge in [-0.15, -0.1) is 0 Å². The van der Waals surface area contributed by atoms with Gasteiger partial charge in [-0.25, -0.2) is 0 Å². The summed E-state index contributed by atoms with van der Waals surface area (Å²) in [4.78, 5) is 13.9. The van der Waals surface area contributed by atoms with Gasteiger partial charge in [0.05, 0.1) is 12.6 Å². The summed E-state index contributed by atoms with van der Waals surface area (Å²) in [5.74, 6) is 2.62. The Kier molecular flexibility index (Phi) is 3.32. The summed E-state index contributed by atoms with van der Waals surface area (Å²) < 4.78 is 0. The molecule has 0 aromatic rings. The number of fused-ring (bicyclic) bond motifs is 2. The average Bonchev–Trinajstić information content (AvgIpc) is 2.88. The summed E-state index contributed by atoms with van der Waals surface area (Å²) in [5, 5.41) is 12.3. The van der Waals surface area contributed by atoms with Crippen LogP contribution >= 0.6 is 0 Å². The molecule has 1 saturated heterocycles. The van der Waals surface area contributed by atoms with Gasteiger partial charge in [0.2, 0.25) is 5.91 Å². The Morgan fingerprint density at radius 1 is 1.39 bits per heavy atom. The number of hydrogen-bond donors (Lipinski definition) is 2. The summed E-state index contributed by atoms with van der Waals surface area (Å²) in [6.45, 7) is 3.91. The molecule has 4 unspecified atom stereocenters. The van der Waals surface area contributed by atoms with Crippen molar-refractivity contribution >= 4 is 5.91 Å². The fourth-order valence-corrected chi connectivity index (χ4v) is 4.19. The number of aliphatic hydroxyl groups excluding tert-OH is 1. The topological polar surface area (TPSA) is 52.6 Å². The molecule has 4 atom stereocenters. The highest BCUT2D eigenvalue weighted by Gasteiger charge is 2.42. The minimum atomic E-state index is -0.221. The molecule has 4 heteroatoms. The molecule has 1 amide bonds. The molecular weight excluding hydrogens is 228 g/mol. The lowest BCUT2D eigenvalue weighted by Crippen LogP contribution is -2.55. The number of hydrogen-bond acceptors (Lipinski definition) is 3. The van der Waals surface area contributed by atoms with Crippen LogP contribution in [0.5, 0.6) is 0 Å². The van der Waals surface area contributed by atoms with Gasteiger partial charge in [-0.05, 0) is 43.9 Å². The number of amides is 1. The number of carbonyl (C=O) groups excluding carboxylic acids is 1. The van der Waals surface area contributed by atoms with Gasteiger partial charge in [0.25, 0.3) is 0 Å². The van der Waals surface area contributed by atoms with Crippen LogP contribution in [-0.2, 0) is 4.79 Å². The van der Waals surface area contributed by atoms with Crippen molar-refractivity contribution in [2.75, 3.05) is 19.6 Å². The molecule has 18 heavy (non-hydrogen) atoms. The summed E-state index contributed by atoms with van der Waals surface area (Å²) in [5.41, 5.74) is 0. The molecule has 4 nitrogen and oxygen atoms in total. The lowest BCUT2D eigenvalue weighted by atomic mass is 9.84. The largest absolute Gasteiger partial charge is 0.390 e. The molecule has 2 saturated carbocycles. The van der Waals surface area contributed by atoms with E-state index in [0.717, 1.165) is 11.8 Å². The van der Waals surface area contributed by atoms with Crippen LogP contribution in [-0.4, -0.2) is 47.7 Å². The second-order valence-corrected chi connectivity index (χ2v) is 6.54. The molecule has 0 aromatic carbocycles. The maximum Gasteiger partial charge on any atom is 0.234 e. The van der Waals surface area contributed by atoms with Crippen molar-refractivity contribution in [3.63, 3.8) is 0 Å². The van der Waals surface area contributed by atoms with Gasteiger partial charge in [0.1, 0.15) is 0 Å². The lowest BCUT2D eigenvalue weighted by molar-refractivity contribution is -0.126. The molecule has 2 N–H and O–H groups in total. The first-order valence-electron chi connectivity index (χ1n) is 7.31. The Bertz CT molecular complexity index is 328. The van der Waals surface area contributed by atoms with Crippen LogP contribution in [0.2, 0.25) is 0 Å². The van der Waals surface area contributed by atoms with Crippen molar-refractivity contribution in [1.29, 1.82) is 0 Å². The van der Waals surface area contributed by atoms with Crippen LogP contribution < -0.4 is 5.32 Å². The van der Waals surface area contributed by atoms with E-state index in [1.807, 2.05) is 4.90 Å². The number of aliphatic hydroxyl groups is 1. The van der Waals surface area contributed by atoms with E-state index >= 15 is 0 Å². The Morgan fingerprint density at radius 2 is 2.17 bits per heavy atom. The third-order valence-electron chi connectivity index (χ3n) is 5.13. The van der Waals surface area contributed by atoms with Crippen LogP contribution in [0.4, 0.5) is 0 Å². The second-order valence-electron chi connectivity index (χ2n) is 6.54. The van der Waals surface area contributed by atoms with Crippen molar-refractivity contribution in [2.24, 2.45) is 17.8 Å². The Balaban J connectivity index is 1.43. The molecule has 2 bridgehead atoms. The van der Waals surface area contributed by atoms with E-state index in [1.54, 1.807) is 0 Å². The standard InChI is InChI=1S/C14H24N2O2/c1-9(13-5-10-2-3-11(13)4-10)15-14(18)8-16-6-12(17)7-16/h9-13,17H,2-8H2,1H3,(H,15,18). The smallest absolute Gasteiger partial charge is 0.234 e. The zero-order chi connectivity index (χ0) is 12.7. The summed E-state index contributed by atoms with van der Waals surface area (Å²) in [7, 11) is 0. The molecular formula is C14H24N2O2. The summed E-state index contributed by atoms with van der Waals surface area (Å²) >= 11 is 0. The first-order valence-corrected chi connectivity index (χ1v) is 7.31. The van der Waals surface area contributed by atoms with Crippen molar-refractivity contribution in [2.45, 2.75) is 44.8 Å². The highest BCUT2D eigenvalue weighted by molar-refractivity contribution is 5.78. The molecule has 3 rings (SSSR count). The van der Waals surface area contributed by atoms with Crippen LogP contribution in [0.15, 0.2) is 0 Å². The molecule has 1 heterocycles. The van der Waals surface area contributed by atoms with E-state index in [-0.39, 0.29) is 12.0 Å². The van der Waals surface area contributed by atoms with Crippen LogP contribution in [0, 0.1) is 17.8 Å². The highest BCUT2D eigenvalue weighted by Crippen LogP contribution is 2.49. The maximum absolute atomic E-state index is 11.9. The number of nitrogens with zero attached hydrogens (tertiary/aromatic N) is 1. The van der Waals surface area contributed by atoms with Crippen molar-refractivity contribution in [3.8, 4) is 0 Å². The normalized spacial score (nSPS) is 37.6. The second kappa shape index (κ2) is 4.82. The maximum atomic E-state index is 11.9. The van der Waals surface area contributed by atoms with Gasteiger partial charge in [-0.2, -0.15) is 0 Å². The number of β-amino-alcohol motifs (C(OH)–C–C–N with tert-alkyl or cyclic N) is 1. The van der Waals surface area contributed by atoms with Gasteiger partial charge >= 0.3 is 0 Å². The van der Waals surface area contributed by atoms with E-state index in [9.17, 15) is 9.90 Å². The molecule has 102 valence electrons. The highest BCUT2D eigenvalue weighted by atomic mass is 16.3. The Labute approximate surface area is 109 Å². The van der Waals surface area contributed by atoms with E-state index in [2.05, 4.69) is 12.2 Å². The predicted molar refractivity (Wildman–Crippen MR) is 69.0 cm³/mol. The van der Waals surface area contributed by atoms with Crippen molar-refractivity contribution in [1.82, 2.24) is 10.2 Å². The minimum absolute atomic E-state index is 0.122. The van der Waals surface area contributed by atoms with E-state index in [4.69, 9.17) is 0 Å². The predicted octanol–water partition coefficient (Wildman–Crippen LogP) is 0.604. The van der Waals surface area contributed by atoms with Crippen LogP contribution in [0.3, 0.4) is 0 Å². The van der Waals surface area contributed by atoms with Crippen LogP contribution in [0.1, 0.15) is 32.6 Å². The van der Waals surface area contributed by atoms with E-state index in [1.165, 1.54) is 25.7 Å². The molecule has 2 aliphatic carbocycles. The first kappa shape index (κ1) is 12.4. The number of likely N-dealkylation sites (tertiary alicyclic amines) is 1. The Morgan fingerprint density at radius 3 is 2.72 bits per heavy atom. The van der Waals surface area contributed by atoms with Gasteiger partial charge in [-0.3, -0.25) is 9.69 Å². The van der Waals surface area contributed by atoms with Crippen LogP contribution in [0.25, 0.3) is 0 Å². The summed E-state index contributed by atoms with van der Waals surface area (Å²) in [6, 6.07) is 0.319. The zero-order valence-electron chi connectivity index (χ0n) is 11.1. The third-order valence-corrected chi connectivity index (χ3v) is 5.13. The fraction of sp³-hybridized carbons (Fsp3) is 0.929. The number of rotatable bonds is 4. The monoisotopic (exact) mass is 252 g/mol. The molecule has 0 radical (unpaired) electrons. The molecule has 3 aliphatic rings. The molecule has 1 aliphatic heterocycles. The van der Waals surface area contributed by atoms with E-state index in [0.29, 0.717) is 31.6 Å². The number of nitrogens with one attached hydrogen (secondary N) is 1. The lowest BCUT2D eigenvalue weighted by Gasteiger charge is -2.36. The number of carbonyl (C=O) groups is 1. The first-order chi connectivity index (χ1) is 8.61. The zero-order valence-corrected chi connectivity index (χ0v) is 11.1. The molecule has 0 aromatic heterocycles. The van der Waals surface area contributed by atoms with Gasteiger partial charge in [0.15, 0.2) is 0 Å². The molecule has 0 spiro atoms. The fourth-order valence-electron chi connectivity index (χ4n) is 4.19. The van der Waals surface area contributed by atoms with Crippen molar-refractivity contribution < 1.29 is 9.90 Å². The average molecular weight is 252 g/mol. The van der Waals surface area contributed by atoms with Gasteiger partial charge in [-0.1, -0.05) is 6.42 Å².